The third kappa shape index (κ3) is 4.41. The zero-order chi connectivity index (χ0) is 21.1. The Balaban J connectivity index is 1.35. The molecule has 3 aromatic rings. The topological polar surface area (TPSA) is 65.8 Å². The Labute approximate surface area is 183 Å². The monoisotopic (exact) mass is 467 g/mol. The molecule has 1 saturated heterocycles. The number of rotatable bonds is 4. The molecule has 0 unspecified atom stereocenters. The van der Waals surface area contributed by atoms with E-state index in [-0.39, 0.29) is 17.6 Å². The highest BCUT2D eigenvalue weighted by Crippen LogP contribution is 2.22. The van der Waals surface area contributed by atoms with E-state index in [0.29, 0.717) is 29.0 Å². The number of para-hydroxylation sites is 1. The molecule has 0 spiro atoms. The molecule has 4 rings (SSSR count). The molecule has 30 heavy (non-hydrogen) atoms. The lowest BCUT2D eigenvalue weighted by Gasteiger charge is -2.36. The van der Waals surface area contributed by atoms with Gasteiger partial charge in [0.05, 0.1) is 0 Å². The van der Waals surface area contributed by atoms with Gasteiger partial charge in [-0.3, -0.25) is 9.59 Å². The standard InChI is InChI=1S/C23H22BrN3O3/c1-16-4-2-3-5-19(16)26-12-14-27(15-13-26)23(29)17-6-8-18(9-7-17)25-22(28)20-10-11-21(24)30-20/h2-11H,12-15H2,1H3,(H,25,28). The Morgan fingerprint density at radius 2 is 1.63 bits per heavy atom. The van der Waals surface area contributed by atoms with Crippen molar-refractivity contribution < 1.29 is 14.0 Å². The number of furan rings is 1. The van der Waals surface area contributed by atoms with Crippen LogP contribution in [-0.4, -0.2) is 42.9 Å². The van der Waals surface area contributed by atoms with Gasteiger partial charge in [0.1, 0.15) is 0 Å². The Morgan fingerprint density at radius 1 is 0.933 bits per heavy atom. The number of piperazine rings is 1. The van der Waals surface area contributed by atoms with Gasteiger partial charge in [-0.2, -0.15) is 0 Å². The molecule has 0 bridgehead atoms. The Bertz CT molecular complexity index is 1050. The van der Waals surface area contributed by atoms with E-state index < -0.39 is 0 Å². The van der Waals surface area contributed by atoms with Gasteiger partial charge in [-0.25, -0.2) is 0 Å². The van der Waals surface area contributed by atoms with Crippen molar-refractivity contribution >= 4 is 39.1 Å². The summed E-state index contributed by atoms with van der Waals surface area (Å²) in [6, 6.07) is 18.5. The molecular weight excluding hydrogens is 446 g/mol. The molecule has 2 aromatic carbocycles. The molecule has 0 aliphatic carbocycles. The number of carbonyl (C=O) groups excluding carboxylic acids is 2. The van der Waals surface area contributed by atoms with Crippen molar-refractivity contribution in [2.24, 2.45) is 0 Å². The van der Waals surface area contributed by atoms with Gasteiger partial charge in [0.25, 0.3) is 11.8 Å². The molecular formula is C23H22BrN3O3. The maximum absolute atomic E-state index is 12.9. The highest BCUT2D eigenvalue weighted by molar-refractivity contribution is 9.10. The van der Waals surface area contributed by atoms with Crippen LogP contribution >= 0.6 is 15.9 Å². The lowest BCUT2D eigenvalue weighted by atomic mass is 10.1. The van der Waals surface area contributed by atoms with E-state index >= 15 is 0 Å². The van der Waals surface area contributed by atoms with Crippen LogP contribution in [0.15, 0.2) is 69.8 Å². The maximum atomic E-state index is 12.9. The van der Waals surface area contributed by atoms with Crippen LogP contribution in [0.3, 0.4) is 0 Å². The zero-order valence-corrected chi connectivity index (χ0v) is 18.2. The van der Waals surface area contributed by atoms with Gasteiger partial charge in [-0.1, -0.05) is 18.2 Å². The number of hydrogen-bond donors (Lipinski definition) is 1. The summed E-state index contributed by atoms with van der Waals surface area (Å²) in [6.45, 7) is 5.09. The summed E-state index contributed by atoms with van der Waals surface area (Å²) in [5.74, 6) is -0.118. The van der Waals surface area contributed by atoms with Gasteiger partial charge in [0.15, 0.2) is 10.4 Å². The molecule has 7 heteroatoms. The van der Waals surface area contributed by atoms with Crippen LogP contribution in [-0.2, 0) is 0 Å². The lowest BCUT2D eigenvalue weighted by Crippen LogP contribution is -2.49. The van der Waals surface area contributed by atoms with Gasteiger partial charge in [0.2, 0.25) is 0 Å². The molecule has 1 fully saturated rings. The van der Waals surface area contributed by atoms with Crippen LogP contribution < -0.4 is 10.2 Å². The smallest absolute Gasteiger partial charge is 0.291 e. The van der Waals surface area contributed by atoms with E-state index in [1.165, 1.54) is 11.3 Å². The Kier molecular flexibility index (Phi) is 5.90. The predicted octanol–water partition coefficient (Wildman–Crippen LogP) is 4.57. The molecule has 2 amide bonds. The van der Waals surface area contributed by atoms with Crippen molar-refractivity contribution in [1.29, 1.82) is 0 Å². The average molecular weight is 468 g/mol. The molecule has 154 valence electrons. The van der Waals surface area contributed by atoms with E-state index in [4.69, 9.17) is 4.42 Å². The number of aryl methyl sites for hydroxylation is 1. The van der Waals surface area contributed by atoms with Crippen molar-refractivity contribution in [1.82, 2.24) is 4.90 Å². The zero-order valence-electron chi connectivity index (χ0n) is 16.6. The van der Waals surface area contributed by atoms with Crippen molar-refractivity contribution in [2.45, 2.75) is 6.92 Å². The van der Waals surface area contributed by atoms with Crippen molar-refractivity contribution in [3.8, 4) is 0 Å². The fourth-order valence-electron chi connectivity index (χ4n) is 3.58. The van der Waals surface area contributed by atoms with E-state index in [0.717, 1.165) is 13.1 Å². The summed E-state index contributed by atoms with van der Waals surface area (Å²) >= 11 is 3.18. The minimum atomic E-state index is -0.341. The van der Waals surface area contributed by atoms with Crippen LogP contribution in [0.5, 0.6) is 0 Å². The molecule has 1 aromatic heterocycles. The van der Waals surface area contributed by atoms with Crippen molar-refractivity contribution in [2.75, 3.05) is 36.4 Å². The largest absolute Gasteiger partial charge is 0.444 e. The summed E-state index contributed by atoms with van der Waals surface area (Å²) in [4.78, 5) is 29.2. The second-order valence-electron chi connectivity index (χ2n) is 7.20. The lowest BCUT2D eigenvalue weighted by molar-refractivity contribution is 0.0746. The highest BCUT2D eigenvalue weighted by atomic mass is 79.9. The number of anilines is 2. The Morgan fingerprint density at radius 3 is 2.27 bits per heavy atom. The SMILES string of the molecule is Cc1ccccc1N1CCN(C(=O)c2ccc(NC(=O)c3ccc(Br)o3)cc2)CC1. The van der Waals surface area contributed by atoms with Crippen molar-refractivity contribution in [3.05, 3.63) is 82.2 Å². The van der Waals surface area contributed by atoms with E-state index in [2.05, 4.69) is 45.2 Å². The fraction of sp³-hybridized carbons (Fsp3) is 0.217. The summed E-state index contributed by atoms with van der Waals surface area (Å²) in [6.07, 6.45) is 0. The number of halogens is 1. The maximum Gasteiger partial charge on any atom is 0.291 e. The van der Waals surface area contributed by atoms with Crippen LogP contribution in [0.1, 0.15) is 26.5 Å². The number of nitrogens with zero attached hydrogens (tertiary/aromatic N) is 2. The fourth-order valence-corrected chi connectivity index (χ4v) is 3.88. The van der Waals surface area contributed by atoms with Crippen LogP contribution in [0, 0.1) is 6.92 Å². The third-order valence-corrected chi connectivity index (χ3v) is 5.64. The second-order valence-corrected chi connectivity index (χ2v) is 7.98. The number of nitrogens with one attached hydrogen (secondary N) is 1. The first kappa shape index (κ1) is 20.2. The molecule has 1 aliphatic rings. The van der Waals surface area contributed by atoms with Gasteiger partial charge in [-0.05, 0) is 70.9 Å². The van der Waals surface area contributed by atoms with Crippen LogP contribution in [0.25, 0.3) is 0 Å². The molecule has 0 saturated carbocycles. The second kappa shape index (κ2) is 8.75. The quantitative estimate of drug-likeness (QED) is 0.610. The first-order valence-corrected chi connectivity index (χ1v) is 10.6. The molecule has 2 heterocycles. The molecule has 1 N–H and O–H groups in total. The number of benzene rings is 2. The first-order valence-electron chi connectivity index (χ1n) is 9.78. The minimum Gasteiger partial charge on any atom is -0.444 e. The predicted molar refractivity (Wildman–Crippen MR) is 120 cm³/mol. The molecule has 1 aliphatic heterocycles. The van der Waals surface area contributed by atoms with Gasteiger partial charge < -0.3 is 19.5 Å². The highest BCUT2D eigenvalue weighted by Gasteiger charge is 2.23. The van der Waals surface area contributed by atoms with Gasteiger partial charge in [0, 0.05) is 43.1 Å². The van der Waals surface area contributed by atoms with Crippen LogP contribution in [0.4, 0.5) is 11.4 Å². The number of carbonyl (C=O) groups is 2. The number of hydrogen-bond acceptors (Lipinski definition) is 4. The first-order chi connectivity index (χ1) is 14.5. The van der Waals surface area contributed by atoms with Crippen molar-refractivity contribution in [3.63, 3.8) is 0 Å². The van der Waals surface area contributed by atoms with Gasteiger partial charge in [-0.15, -0.1) is 0 Å². The third-order valence-electron chi connectivity index (χ3n) is 5.21. The van der Waals surface area contributed by atoms with E-state index in [1.54, 1.807) is 36.4 Å². The van der Waals surface area contributed by atoms with Gasteiger partial charge >= 0.3 is 0 Å². The summed E-state index contributed by atoms with van der Waals surface area (Å²) in [7, 11) is 0. The van der Waals surface area contributed by atoms with E-state index in [1.807, 2.05) is 17.0 Å². The van der Waals surface area contributed by atoms with E-state index in [9.17, 15) is 9.59 Å². The molecule has 6 nitrogen and oxygen atoms in total. The summed E-state index contributed by atoms with van der Waals surface area (Å²) < 4.78 is 5.74. The summed E-state index contributed by atoms with van der Waals surface area (Å²) in [5, 5.41) is 2.76. The molecule has 0 atom stereocenters. The Hall–Kier alpha value is -3.06. The van der Waals surface area contributed by atoms with Crippen LogP contribution in [0.2, 0.25) is 0 Å². The molecule has 0 radical (unpaired) electrons. The normalized spacial score (nSPS) is 13.9. The number of amides is 2. The summed E-state index contributed by atoms with van der Waals surface area (Å²) in [5.41, 5.74) is 3.69. The average Bonchev–Trinajstić information content (AvgIpc) is 3.21. The minimum absolute atomic E-state index is 0.00674.